The summed E-state index contributed by atoms with van der Waals surface area (Å²) in [4.78, 5) is 4.77. The van der Waals surface area contributed by atoms with Crippen LogP contribution in [0.25, 0.3) is 31.3 Å². The number of rotatable bonds is 6. The van der Waals surface area contributed by atoms with E-state index in [1.54, 1.807) is 0 Å². The molecule has 1 aromatic heterocycles. The minimum absolute atomic E-state index is 0.139. The molecule has 0 saturated carbocycles. The van der Waals surface area contributed by atoms with Gasteiger partial charge in [-0.3, -0.25) is 0 Å². The lowest BCUT2D eigenvalue weighted by atomic mass is 9.55. The van der Waals surface area contributed by atoms with E-state index in [4.69, 9.17) is 0 Å². The first-order valence-electron chi connectivity index (χ1n) is 21.2. The molecule has 9 aromatic carbocycles. The van der Waals surface area contributed by atoms with E-state index in [9.17, 15) is 0 Å². The maximum absolute atomic E-state index is 2.46. The average molecular weight is 799 g/mol. The third-order valence-electron chi connectivity index (χ3n) is 13.3. The van der Waals surface area contributed by atoms with Gasteiger partial charge in [0.1, 0.15) is 0 Å². The van der Waals surface area contributed by atoms with Crippen LogP contribution in [-0.4, -0.2) is 0 Å². The number of hydrogen-bond acceptors (Lipinski definition) is 3. The van der Waals surface area contributed by atoms with Gasteiger partial charge >= 0.3 is 0 Å². The van der Waals surface area contributed by atoms with Crippen molar-refractivity contribution in [2.45, 2.75) is 24.7 Å². The molecule has 0 unspecified atom stereocenters. The Hall–Kier alpha value is -7.20. The van der Waals surface area contributed by atoms with Gasteiger partial charge in [0.05, 0.1) is 5.41 Å². The maximum Gasteiger partial charge on any atom is 0.0719 e. The van der Waals surface area contributed by atoms with E-state index in [0.29, 0.717) is 0 Å². The Morgan fingerprint density at radius 3 is 1.38 bits per heavy atom. The lowest BCUT2D eigenvalue weighted by molar-refractivity contribution is 0.563. The van der Waals surface area contributed by atoms with Crippen LogP contribution in [0.1, 0.15) is 47.2 Å². The molecular weight excluding hydrogens is 757 g/mol. The topological polar surface area (TPSA) is 6.48 Å². The fourth-order valence-electron chi connectivity index (χ4n) is 10.6. The number of benzene rings is 9. The Labute approximate surface area is 361 Å². The molecule has 0 fully saturated rings. The lowest BCUT2D eigenvalue weighted by Gasteiger charge is -2.46. The zero-order valence-electron chi connectivity index (χ0n) is 34.1. The van der Waals surface area contributed by atoms with Crippen molar-refractivity contribution in [2.75, 3.05) is 9.80 Å². The molecular formula is C58H42N2S. The van der Waals surface area contributed by atoms with Gasteiger partial charge in [-0.1, -0.05) is 147 Å². The molecule has 0 radical (unpaired) electrons. The highest BCUT2D eigenvalue weighted by Gasteiger charge is 2.53. The van der Waals surface area contributed by atoms with Gasteiger partial charge in [-0.05, 0) is 129 Å². The second-order valence-electron chi connectivity index (χ2n) is 16.9. The van der Waals surface area contributed by atoms with Gasteiger partial charge < -0.3 is 9.80 Å². The molecule has 0 amide bonds. The first-order chi connectivity index (χ1) is 30.0. The normalized spacial score (nSPS) is 14.0. The van der Waals surface area contributed by atoms with Gasteiger partial charge in [0, 0.05) is 59.7 Å². The third-order valence-corrected chi connectivity index (χ3v) is 14.5. The van der Waals surface area contributed by atoms with Crippen molar-refractivity contribution in [3.05, 3.63) is 252 Å². The van der Waals surface area contributed by atoms with Crippen molar-refractivity contribution in [3.8, 4) is 11.1 Å². The van der Waals surface area contributed by atoms with E-state index >= 15 is 0 Å². The van der Waals surface area contributed by atoms with E-state index in [2.05, 4.69) is 242 Å². The number of nitrogens with zero attached hydrogens (tertiary/aromatic N) is 2. The predicted octanol–water partition coefficient (Wildman–Crippen LogP) is 16.0. The molecule has 12 rings (SSSR count). The van der Waals surface area contributed by atoms with Gasteiger partial charge in [0.2, 0.25) is 0 Å². The van der Waals surface area contributed by atoms with E-state index in [1.807, 2.05) is 11.3 Å². The van der Waals surface area contributed by atoms with E-state index in [1.165, 1.54) is 64.7 Å². The number of anilines is 6. The molecule has 3 heteroatoms. The van der Waals surface area contributed by atoms with Crippen molar-refractivity contribution in [1.29, 1.82) is 0 Å². The second kappa shape index (κ2) is 13.7. The van der Waals surface area contributed by atoms with Gasteiger partial charge in [-0.15, -0.1) is 11.3 Å². The van der Waals surface area contributed by atoms with Crippen molar-refractivity contribution >= 4 is 65.6 Å². The van der Waals surface area contributed by atoms with Crippen molar-refractivity contribution in [3.63, 3.8) is 0 Å². The fourth-order valence-corrected chi connectivity index (χ4v) is 11.7. The highest BCUT2D eigenvalue weighted by molar-refractivity contribution is 7.25. The highest BCUT2D eigenvalue weighted by Crippen LogP contribution is 2.62. The lowest BCUT2D eigenvalue weighted by Crippen LogP contribution is -2.40. The molecule has 0 aliphatic heterocycles. The first kappa shape index (κ1) is 35.7. The summed E-state index contributed by atoms with van der Waals surface area (Å²) in [6.45, 7) is 4.77. The minimum Gasteiger partial charge on any atom is -0.311 e. The summed E-state index contributed by atoms with van der Waals surface area (Å²) >= 11 is 1.86. The monoisotopic (exact) mass is 798 g/mol. The average Bonchev–Trinajstić information content (AvgIpc) is 3.83. The minimum atomic E-state index is -0.438. The van der Waals surface area contributed by atoms with Crippen LogP contribution in [-0.2, 0) is 10.8 Å². The summed E-state index contributed by atoms with van der Waals surface area (Å²) in [5, 5.41) is 2.57. The van der Waals surface area contributed by atoms with Gasteiger partial charge in [-0.2, -0.15) is 0 Å². The molecule has 61 heavy (non-hydrogen) atoms. The molecule has 10 aromatic rings. The van der Waals surface area contributed by atoms with Crippen molar-refractivity contribution in [1.82, 2.24) is 0 Å². The summed E-state index contributed by atoms with van der Waals surface area (Å²) in [6.07, 6.45) is 0. The second-order valence-corrected chi connectivity index (χ2v) is 18.0. The first-order valence-corrected chi connectivity index (χ1v) is 22.0. The molecule has 0 bridgehead atoms. The van der Waals surface area contributed by atoms with Crippen LogP contribution in [0, 0.1) is 0 Å². The van der Waals surface area contributed by atoms with Crippen molar-refractivity contribution in [2.24, 2.45) is 0 Å². The summed E-state index contributed by atoms with van der Waals surface area (Å²) in [7, 11) is 0. The highest BCUT2D eigenvalue weighted by atomic mass is 32.1. The molecule has 0 atom stereocenters. The summed E-state index contributed by atoms with van der Waals surface area (Å²) in [5.41, 5.74) is 16.9. The number of para-hydroxylation sites is 2. The van der Waals surface area contributed by atoms with Gasteiger partial charge in [0.25, 0.3) is 0 Å². The maximum atomic E-state index is 2.46. The van der Waals surface area contributed by atoms with Crippen molar-refractivity contribution < 1.29 is 0 Å². The van der Waals surface area contributed by atoms with Crippen LogP contribution in [0.15, 0.2) is 218 Å². The molecule has 2 nitrogen and oxygen atoms in total. The molecule has 2 aliphatic rings. The van der Waals surface area contributed by atoms with Gasteiger partial charge in [0.15, 0.2) is 0 Å². The Morgan fingerprint density at radius 2 is 0.738 bits per heavy atom. The third kappa shape index (κ3) is 5.27. The molecule has 290 valence electrons. The van der Waals surface area contributed by atoms with Crippen LogP contribution >= 0.6 is 11.3 Å². The number of fused-ring (bicyclic) bond motifs is 12. The van der Waals surface area contributed by atoms with E-state index in [-0.39, 0.29) is 5.41 Å². The SMILES string of the molecule is CC1(C)c2ccccc2C2(c3ccccc3-c3cc(N(c4ccc(N(c5ccccc5)c5ccccc5)cc4)c4ccc5sc6ccccc6c5c4)ccc32)c2ccccc21. The summed E-state index contributed by atoms with van der Waals surface area (Å²) in [6, 6.07) is 80.9. The number of thiophene rings is 1. The van der Waals surface area contributed by atoms with Crippen LogP contribution < -0.4 is 9.80 Å². The Bertz CT molecular complexity index is 3200. The molecule has 1 heterocycles. The Balaban J connectivity index is 1.07. The molecule has 1 spiro atoms. The standard InChI is InChI=1S/C58H42N2S/c1-57(2)51-24-12-14-26-53(51)58(54-27-15-13-25-52(54)57)49-23-11-9-21-45(49)47-37-43(33-35-50(47)58)60(44-34-36-56-48(38-44)46-22-10-16-28-55(46)61-56)42-31-29-41(30-32-42)59(39-17-5-3-6-18-39)40-19-7-4-8-20-40/h3-38H,1-2H3. The van der Waals surface area contributed by atoms with Crippen LogP contribution in [0.5, 0.6) is 0 Å². The molecule has 0 saturated heterocycles. The predicted molar refractivity (Wildman–Crippen MR) is 258 cm³/mol. The Kier molecular flexibility index (Phi) is 8.01. The van der Waals surface area contributed by atoms with Crippen LogP contribution in [0.2, 0.25) is 0 Å². The zero-order valence-corrected chi connectivity index (χ0v) is 34.9. The number of hydrogen-bond donors (Lipinski definition) is 0. The van der Waals surface area contributed by atoms with Crippen LogP contribution in [0.3, 0.4) is 0 Å². The largest absolute Gasteiger partial charge is 0.311 e. The summed E-state index contributed by atoms with van der Waals surface area (Å²) < 4.78 is 2.60. The van der Waals surface area contributed by atoms with E-state index in [0.717, 1.165) is 34.1 Å². The molecule has 2 aliphatic carbocycles. The van der Waals surface area contributed by atoms with Gasteiger partial charge in [-0.25, -0.2) is 0 Å². The molecule has 0 N–H and O–H groups in total. The van der Waals surface area contributed by atoms with E-state index < -0.39 is 5.41 Å². The fraction of sp³-hybridized carbons (Fsp3) is 0.0690. The quantitative estimate of drug-likeness (QED) is 0.165. The summed E-state index contributed by atoms with van der Waals surface area (Å²) in [5.74, 6) is 0. The Morgan fingerprint density at radius 1 is 0.311 bits per heavy atom. The zero-order chi connectivity index (χ0) is 40.7. The smallest absolute Gasteiger partial charge is 0.0719 e. The van der Waals surface area contributed by atoms with Crippen LogP contribution in [0.4, 0.5) is 34.1 Å².